The standard InChI is InChI=1S/C26H31N5O7/c1-2-3-7-12-36-25(35)31-24(29-16-28)18-10-11-20(30-18)26(15-27)23(34)22(19(14-32)38-26)37-21(33)13-17-8-5-4-6-9-17/h4-6,8-11,16,19,22-23,30,32,34H,2-3,7,12-14H2,1H3,(H2,28,29,31,35)/t19-,22-,23-,26+/m1/s1. The Labute approximate surface area is 219 Å². The number of hydrogen-bond acceptors (Lipinski definition) is 8. The summed E-state index contributed by atoms with van der Waals surface area (Å²) in [5.74, 6) is -0.781. The van der Waals surface area contributed by atoms with Crippen LogP contribution < -0.4 is 5.73 Å². The number of nitrogens with zero attached hydrogens (tertiary/aromatic N) is 3. The average Bonchev–Trinajstić information content (AvgIpc) is 3.51. The normalized spacial score (nSPS) is 23.3. The predicted molar refractivity (Wildman–Crippen MR) is 136 cm³/mol. The number of unbranched alkanes of at least 4 members (excludes halogenated alkanes) is 2. The molecule has 2 heterocycles. The molecule has 4 atom stereocenters. The zero-order valence-electron chi connectivity index (χ0n) is 20.9. The average molecular weight is 526 g/mol. The zero-order chi connectivity index (χ0) is 27.5. The van der Waals surface area contributed by atoms with E-state index in [9.17, 15) is 25.1 Å². The summed E-state index contributed by atoms with van der Waals surface area (Å²) in [5.41, 5.74) is 4.33. The van der Waals surface area contributed by atoms with Crippen LogP contribution in [-0.2, 0) is 31.0 Å². The van der Waals surface area contributed by atoms with Gasteiger partial charge in [0.1, 0.15) is 18.3 Å². The Kier molecular flexibility index (Phi) is 10.1. The molecule has 1 aliphatic rings. The smallest absolute Gasteiger partial charge is 0.435 e. The van der Waals surface area contributed by atoms with Gasteiger partial charge in [0.25, 0.3) is 0 Å². The SMILES string of the molecule is CCCCCOC(=O)/N=C(\N=CN)c1ccc([C@]2(C#N)O[C@H](CO)[C@@H](OC(=O)Cc3ccccc3)[C@H]2O)[nH]1. The van der Waals surface area contributed by atoms with E-state index in [2.05, 4.69) is 15.0 Å². The number of nitrogens with one attached hydrogen (secondary N) is 1. The van der Waals surface area contributed by atoms with Crippen LogP contribution in [0.1, 0.15) is 43.1 Å². The molecule has 1 aromatic heterocycles. The van der Waals surface area contributed by atoms with Gasteiger partial charge in [-0.15, -0.1) is 0 Å². The van der Waals surface area contributed by atoms with E-state index in [4.69, 9.17) is 19.9 Å². The van der Waals surface area contributed by atoms with E-state index in [-0.39, 0.29) is 30.3 Å². The Morgan fingerprint density at radius 3 is 2.68 bits per heavy atom. The molecular formula is C26H31N5O7. The Morgan fingerprint density at radius 1 is 1.26 bits per heavy atom. The second-order valence-electron chi connectivity index (χ2n) is 8.57. The Bertz CT molecular complexity index is 1190. The number of hydrogen-bond donors (Lipinski definition) is 4. The minimum atomic E-state index is -2.03. The molecule has 5 N–H and O–H groups in total. The number of aliphatic hydroxyl groups excluding tert-OH is 2. The lowest BCUT2D eigenvalue weighted by molar-refractivity contribution is -0.155. The van der Waals surface area contributed by atoms with Crippen molar-refractivity contribution in [1.29, 1.82) is 5.26 Å². The van der Waals surface area contributed by atoms with Crippen molar-refractivity contribution in [3.8, 4) is 6.07 Å². The number of rotatable bonds is 10. The van der Waals surface area contributed by atoms with Gasteiger partial charge in [-0.2, -0.15) is 10.3 Å². The fourth-order valence-corrected chi connectivity index (χ4v) is 4.02. The molecule has 0 bridgehead atoms. The second-order valence-corrected chi connectivity index (χ2v) is 8.57. The largest absolute Gasteiger partial charge is 0.456 e. The van der Waals surface area contributed by atoms with Crippen LogP contribution in [0.3, 0.4) is 0 Å². The van der Waals surface area contributed by atoms with Crippen molar-refractivity contribution >= 4 is 24.2 Å². The maximum Gasteiger partial charge on any atom is 0.435 e. The van der Waals surface area contributed by atoms with Gasteiger partial charge >= 0.3 is 12.1 Å². The van der Waals surface area contributed by atoms with Gasteiger partial charge in [-0.1, -0.05) is 50.1 Å². The second kappa shape index (κ2) is 13.5. The number of amides is 1. The summed E-state index contributed by atoms with van der Waals surface area (Å²) in [6, 6.07) is 13.7. The molecule has 1 aliphatic heterocycles. The van der Waals surface area contributed by atoms with Crippen LogP contribution in [0.5, 0.6) is 0 Å². The molecule has 1 amide bonds. The fraction of sp³-hybridized carbons (Fsp3) is 0.423. The van der Waals surface area contributed by atoms with E-state index < -0.39 is 42.6 Å². The van der Waals surface area contributed by atoms with E-state index in [0.29, 0.717) is 12.0 Å². The Balaban J connectivity index is 1.81. The number of benzene rings is 1. The van der Waals surface area contributed by atoms with Crippen molar-refractivity contribution < 1.29 is 34.0 Å². The number of nitriles is 1. The molecule has 2 aromatic rings. The van der Waals surface area contributed by atoms with Crippen LogP contribution in [0.15, 0.2) is 52.4 Å². The van der Waals surface area contributed by atoms with E-state index >= 15 is 0 Å². The third-order valence-corrected chi connectivity index (χ3v) is 5.93. The molecule has 0 spiro atoms. The number of nitrogens with two attached hydrogens (primary N) is 1. The summed E-state index contributed by atoms with van der Waals surface area (Å²) in [4.78, 5) is 35.2. The van der Waals surface area contributed by atoms with Crippen LogP contribution in [0.25, 0.3) is 0 Å². The first kappa shape index (κ1) is 28.5. The summed E-state index contributed by atoms with van der Waals surface area (Å²) < 4.78 is 16.3. The topological polar surface area (TPSA) is 193 Å². The first-order chi connectivity index (χ1) is 18.4. The molecule has 12 heteroatoms. The molecular weight excluding hydrogens is 494 g/mol. The van der Waals surface area contributed by atoms with Gasteiger partial charge < -0.3 is 35.1 Å². The van der Waals surface area contributed by atoms with Gasteiger partial charge in [-0.25, -0.2) is 9.79 Å². The van der Waals surface area contributed by atoms with Gasteiger partial charge in [-0.05, 0) is 24.1 Å². The van der Waals surface area contributed by atoms with Crippen LogP contribution in [0.4, 0.5) is 4.79 Å². The van der Waals surface area contributed by atoms with Gasteiger partial charge in [-0.3, -0.25) is 4.79 Å². The molecule has 0 radical (unpaired) electrons. The van der Waals surface area contributed by atoms with Crippen molar-refractivity contribution in [2.24, 2.45) is 15.7 Å². The number of esters is 1. The summed E-state index contributed by atoms with van der Waals surface area (Å²) in [6.45, 7) is 1.61. The predicted octanol–water partition coefficient (Wildman–Crippen LogP) is 1.70. The van der Waals surface area contributed by atoms with Crippen LogP contribution in [0, 0.1) is 11.3 Å². The minimum absolute atomic E-state index is 0.0683. The molecule has 3 rings (SSSR count). The molecule has 202 valence electrons. The number of carbonyl (C=O) groups excluding carboxylic acids is 2. The maximum atomic E-state index is 12.5. The number of aliphatic imine (C=N–C) groups is 2. The number of aromatic amines is 1. The summed E-state index contributed by atoms with van der Waals surface area (Å²) in [6.07, 6.45) is -1.58. The van der Waals surface area contributed by atoms with Crippen molar-refractivity contribution in [3.05, 3.63) is 59.4 Å². The number of H-pyrrole nitrogens is 1. The van der Waals surface area contributed by atoms with Gasteiger partial charge in [0.15, 0.2) is 11.9 Å². The van der Waals surface area contributed by atoms with Crippen molar-refractivity contribution in [2.45, 2.75) is 56.5 Å². The Morgan fingerprint density at radius 2 is 2.03 bits per heavy atom. The lowest BCUT2D eigenvalue weighted by Crippen LogP contribution is -2.42. The quantitative estimate of drug-likeness (QED) is 0.155. The molecule has 1 aromatic carbocycles. The summed E-state index contributed by atoms with van der Waals surface area (Å²) in [7, 11) is 0. The van der Waals surface area contributed by atoms with Crippen LogP contribution in [-0.4, -0.2) is 71.0 Å². The van der Waals surface area contributed by atoms with Crippen molar-refractivity contribution in [1.82, 2.24) is 4.98 Å². The third-order valence-electron chi connectivity index (χ3n) is 5.93. The van der Waals surface area contributed by atoms with E-state index in [1.807, 2.05) is 19.1 Å². The molecule has 38 heavy (non-hydrogen) atoms. The Hall–Kier alpha value is -4.05. The maximum absolute atomic E-state index is 12.5. The molecule has 1 saturated heterocycles. The summed E-state index contributed by atoms with van der Waals surface area (Å²) in [5, 5.41) is 31.0. The van der Waals surface area contributed by atoms with Crippen LogP contribution in [0.2, 0.25) is 0 Å². The third kappa shape index (κ3) is 6.63. The molecule has 0 saturated carbocycles. The van der Waals surface area contributed by atoms with Gasteiger partial charge in [0.05, 0.1) is 37.4 Å². The van der Waals surface area contributed by atoms with E-state index in [0.717, 1.165) is 19.2 Å². The fourth-order valence-electron chi connectivity index (χ4n) is 4.02. The van der Waals surface area contributed by atoms with Gasteiger partial charge in [0.2, 0.25) is 5.60 Å². The molecule has 0 aliphatic carbocycles. The first-order valence-electron chi connectivity index (χ1n) is 12.2. The number of aliphatic hydroxyl groups is 2. The van der Waals surface area contributed by atoms with Gasteiger partial charge in [0, 0.05) is 0 Å². The highest BCUT2D eigenvalue weighted by Crippen LogP contribution is 2.40. The van der Waals surface area contributed by atoms with E-state index in [1.165, 1.54) is 12.1 Å². The number of carbonyl (C=O) groups is 2. The minimum Gasteiger partial charge on any atom is -0.456 e. The number of amidine groups is 1. The highest BCUT2D eigenvalue weighted by Gasteiger charge is 2.58. The lowest BCUT2D eigenvalue weighted by atomic mass is 9.92. The van der Waals surface area contributed by atoms with Crippen LogP contribution >= 0.6 is 0 Å². The highest BCUT2D eigenvalue weighted by atomic mass is 16.6. The zero-order valence-corrected chi connectivity index (χ0v) is 20.9. The first-order valence-corrected chi connectivity index (χ1v) is 12.2. The number of aromatic nitrogens is 1. The van der Waals surface area contributed by atoms with Crippen molar-refractivity contribution in [2.75, 3.05) is 13.2 Å². The highest BCUT2D eigenvalue weighted by molar-refractivity contribution is 6.05. The molecule has 12 nitrogen and oxygen atoms in total. The summed E-state index contributed by atoms with van der Waals surface area (Å²) >= 11 is 0. The molecule has 1 fully saturated rings. The molecule has 0 unspecified atom stereocenters. The monoisotopic (exact) mass is 525 g/mol. The number of ether oxygens (including phenoxy) is 3. The van der Waals surface area contributed by atoms with Crippen molar-refractivity contribution in [3.63, 3.8) is 0 Å². The van der Waals surface area contributed by atoms with E-state index in [1.54, 1.807) is 24.3 Å². The lowest BCUT2D eigenvalue weighted by Gasteiger charge is -2.24.